The molecule has 1 aromatic rings. The van der Waals surface area contributed by atoms with E-state index in [1.807, 2.05) is 5.38 Å². The van der Waals surface area contributed by atoms with Crippen LogP contribution in [0.3, 0.4) is 0 Å². The highest BCUT2D eigenvalue weighted by Gasteiger charge is 2.04. The van der Waals surface area contributed by atoms with Crippen molar-refractivity contribution in [1.82, 2.24) is 4.98 Å². The maximum atomic E-state index is 10.8. The number of rotatable bonds is 4. The van der Waals surface area contributed by atoms with Crippen molar-refractivity contribution in [3.05, 3.63) is 16.1 Å². The lowest BCUT2D eigenvalue weighted by Gasteiger charge is -1.95. The number of aromatic nitrogens is 1. The lowest BCUT2D eigenvalue weighted by molar-refractivity contribution is -0.140. The Bertz CT molecular complexity index is 287. The first-order chi connectivity index (χ1) is 6.26. The molecule has 72 valence electrons. The zero-order valence-electron chi connectivity index (χ0n) is 7.25. The Balaban J connectivity index is 2.41. The lowest BCUT2D eigenvalue weighted by Crippen LogP contribution is -2.01. The number of hydrogen-bond acceptors (Lipinski definition) is 4. The molecule has 0 saturated carbocycles. The van der Waals surface area contributed by atoms with Crippen molar-refractivity contribution in [2.45, 2.75) is 18.7 Å². The number of ether oxygens (including phenoxy) is 1. The van der Waals surface area contributed by atoms with E-state index >= 15 is 0 Å². The number of hydrogen-bond donors (Lipinski definition) is 0. The molecule has 0 atom stereocenters. The van der Waals surface area contributed by atoms with Gasteiger partial charge in [-0.05, 0) is 0 Å². The van der Waals surface area contributed by atoms with Gasteiger partial charge in [-0.3, -0.25) is 4.79 Å². The Hall–Kier alpha value is -0.610. The van der Waals surface area contributed by atoms with E-state index in [1.54, 1.807) is 0 Å². The minimum absolute atomic E-state index is 0.206. The van der Waals surface area contributed by atoms with E-state index < -0.39 is 0 Å². The van der Waals surface area contributed by atoms with Crippen molar-refractivity contribution in [1.29, 1.82) is 0 Å². The van der Waals surface area contributed by atoms with Gasteiger partial charge in [0.15, 0.2) is 0 Å². The van der Waals surface area contributed by atoms with Gasteiger partial charge in [0.25, 0.3) is 0 Å². The third-order valence-electron chi connectivity index (χ3n) is 1.51. The summed E-state index contributed by atoms with van der Waals surface area (Å²) in [6.45, 7) is 0. The fourth-order valence-electron chi connectivity index (χ4n) is 0.836. The van der Waals surface area contributed by atoms with Gasteiger partial charge >= 0.3 is 5.97 Å². The Morgan fingerprint density at radius 1 is 1.77 bits per heavy atom. The van der Waals surface area contributed by atoms with Gasteiger partial charge in [-0.2, -0.15) is 0 Å². The third-order valence-corrected chi connectivity index (χ3v) is 2.74. The van der Waals surface area contributed by atoms with Crippen LogP contribution in [0, 0.1) is 0 Å². The van der Waals surface area contributed by atoms with Crippen LogP contribution in [0.4, 0.5) is 0 Å². The first-order valence-corrected chi connectivity index (χ1v) is 5.23. The summed E-state index contributed by atoms with van der Waals surface area (Å²) in [5.74, 6) is 0.219. The highest BCUT2D eigenvalue weighted by atomic mass is 35.5. The van der Waals surface area contributed by atoms with Crippen molar-refractivity contribution in [2.75, 3.05) is 7.11 Å². The highest BCUT2D eigenvalue weighted by molar-refractivity contribution is 7.09. The van der Waals surface area contributed by atoms with Crippen LogP contribution in [0.1, 0.15) is 17.1 Å². The van der Waals surface area contributed by atoms with Gasteiger partial charge in [0.1, 0.15) is 0 Å². The van der Waals surface area contributed by atoms with Crippen LogP contribution in [0.15, 0.2) is 5.38 Å². The predicted molar refractivity (Wildman–Crippen MR) is 52.0 cm³/mol. The maximum Gasteiger partial charge on any atom is 0.305 e. The van der Waals surface area contributed by atoms with E-state index in [2.05, 4.69) is 9.72 Å². The molecule has 0 aliphatic carbocycles. The molecule has 1 heterocycles. The summed E-state index contributed by atoms with van der Waals surface area (Å²) in [5, 5.41) is 2.83. The zero-order chi connectivity index (χ0) is 9.68. The van der Waals surface area contributed by atoms with Crippen molar-refractivity contribution in [3.8, 4) is 0 Å². The average molecular weight is 220 g/mol. The Morgan fingerprint density at radius 2 is 2.54 bits per heavy atom. The molecule has 5 heteroatoms. The molecule has 13 heavy (non-hydrogen) atoms. The molecule has 0 spiro atoms. The van der Waals surface area contributed by atoms with Crippen LogP contribution in [0.2, 0.25) is 0 Å². The molecule has 0 aromatic carbocycles. The molecule has 1 aromatic heterocycles. The molecule has 1 rings (SSSR count). The van der Waals surface area contributed by atoms with Crippen LogP contribution >= 0.6 is 22.9 Å². The van der Waals surface area contributed by atoms with E-state index in [0.29, 0.717) is 18.7 Å². The Kier molecular flexibility index (Phi) is 4.18. The van der Waals surface area contributed by atoms with E-state index in [-0.39, 0.29) is 5.97 Å². The molecule has 0 aliphatic rings. The zero-order valence-corrected chi connectivity index (χ0v) is 8.82. The fourth-order valence-corrected chi connectivity index (χ4v) is 1.86. The van der Waals surface area contributed by atoms with E-state index in [4.69, 9.17) is 11.6 Å². The topological polar surface area (TPSA) is 39.2 Å². The number of esters is 1. The molecule has 0 saturated heterocycles. The average Bonchev–Trinajstić information content (AvgIpc) is 2.61. The molecule has 0 amide bonds. The fraction of sp³-hybridized carbons (Fsp3) is 0.500. The van der Waals surface area contributed by atoms with Gasteiger partial charge < -0.3 is 4.74 Å². The largest absolute Gasteiger partial charge is 0.469 e. The Morgan fingerprint density at radius 3 is 3.08 bits per heavy atom. The molecule has 0 fully saturated rings. The van der Waals surface area contributed by atoms with E-state index in [9.17, 15) is 4.79 Å². The molecule has 0 N–H and O–H groups in total. The summed E-state index contributed by atoms with van der Waals surface area (Å²) < 4.78 is 4.52. The summed E-state index contributed by atoms with van der Waals surface area (Å²) in [6.07, 6.45) is 1.01. The quantitative estimate of drug-likeness (QED) is 0.574. The second kappa shape index (κ2) is 5.19. The van der Waals surface area contributed by atoms with Crippen LogP contribution in [0.25, 0.3) is 0 Å². The van der Waals surface area contributed by atoms with Crippen LogP contribution < -0.4 is 0 Å². The molecule has 0 bridgehead atoms. The number of carbonyl (C=O) groups is 1. The van der Waals surface area contributed by atoms with Gasteiger partial charge in [0.2, 0.25) is 0 Å². The normalized spacial score (nSPS) is 10.0. The molecule has 0 radical (unpaired) electrons. The van der Waals surface area contributed by atoms with Crippen molar-refractivity contribution in [3.63, 3.8) is 0 Å². The number of nitrogens with zero attached hydrogens (tertiary/aromatic N) is 1. The minimum Gasteiger partial charge on any atom is -0.469 e. The van der Waals surface area contributed by atoms with E-state index in [0.717, 1.165) is 10.7 Å². The van der Waals surface area contributed by atoms with Crippen LogP contribution in [0.5, 0.6) is 0 Å². The monoisotopic (exact) mass is 219 g/mol. The van der Waals surface area contributed by atoms with Crippen molar-refractivity contribution < 1.29 is 9.53 Å². The van der Waals surface area contributed by atoms with Gasteiger partial charge in [-0.1, -0.05) is 0 Å². The lowest BCUT2D eigenvalue weighted by atomic mass is 10.3. The standard InChI is InChI=1S/C8H10ClNO2S/c1-12-8(11)3-2-7-10-6(4-9)5-13-7/h5H,2-4H2,1H3. The molecular weight excluding hydrogens is 210 g/mol. The molecule has 0 unspecified atom stereocenters. The van der Waals surface area contributed by atoms with Gasteiger partial charge in [-0.25, -0.2) is 4.98 Å². The highest BCUT2D eigenvalue weighted by Crippen LogP contribution is 2.13. The first-order valence-electron chi connectivity index (χ1n) is 3.82. The number of halogens is 1. The maximum absolute atomic E-state index is 10.8. The summed E-state index contributed by atoms with van der Waals surface area (Å²) in [6, 6.07) is 0. The first kappa shape index (κ1) is 10.5. The number of carbonyl (C=O) groups excluding carboxylic acids is 1. The number of alkyl halides is 1. The van der Waals surface area contributed by atoms with Crippen LogP contribution in [-0.2, 0) is 21.8 Å². The predicted octanol–water partition coefficient (Wildman–Crippen LogP) is 1.99. The summed E-state index contributed by atoms with van der Waals surface area (Å²) in [7, 11) is 1.38. The summed E-state index contributed by atoms with van der Waals surface area (Å²) in [5.41, 5.74) is 0.867. The molecular formula is C8H10ClNO2S. The molecule has 3 nitrogen and oxygen atoms in total. The minimum atomic E-state index is -0.206. The summed E-state index contributed by atoms with van der Waals surface area (Å²) >= 11 is 7.11. The number of methoxy groups -OCH3 is 1. The SMILES string of the molecule is COC(=O)CCc1nc(CCl)cs1. The van der Waals surface area contributed by atoms with Crippen LogP contribution in [-0.4, -0.2) is 18.1 Å². The van der Waals surface area contributed by atoms with Crippen molar-refractivity contribution in [2.24, 2.45) is 0 Å². The van der Waals surface area contributed by atoms with E-state index in [1.165, 1.54) is 18.4 Å². The Labute approximate surface area is 85.7 Å². The van der Waals surface area contributed by atoms with Gasteiger partial charge in [0, 0.05) is 11.8 Å². The summed E-state index contributed by atoms with van der Waals surface area (Å²) in [4.78, 5) is 15.0. The van der Waals surface area contributed by atoms with Gasteiger partial charge in [-0.15, -0.1) is 22.9 Å². The third kappa shape index (κ3) is 3.32. The van der Waals surface area contributed by atoms with Crippen molar-refractivity contribution >= 4 is 28.9 Å². The molecule has 0 aliphatic heterocycles. The smallest absolute Gasteiger partial charge is 0.305 e. The number of aryl methyl sites for hydroxylation is 1. The number of thiazole rings is 1. The van der Waals surface area contributed by atoms with Gasteiger partial charge in [0.05, 0.1) is 30.1 Å². The second-order valence-corrected chi connectivity index (χ2v) is 3.65. The second-order valence-electron chi connectivity index (χ2n) is 2.44.